The van der Waals surface area contributed by atoms with Gasteiger partial charge in [-0.15, -0.1) is 0 Å². The molecule has 3 nitrogen and oxygen atoms in total. The first-order chi connectivity index (χ1) is 7.34. The maximum absolute atomic E-state index is 11.3. The summed E-state index contributed by atoms with van der Waals surface area (Å²) in [6.07, 6.45) is 1.32. The van der Waals surface area contributed by atoms with Crippen LogP contribution in [0.5, 0.6) is 0 Å². The van der Waals surface area contributed by atoms with Crippen molar-refractivity contribution in [3.63, 3.8) is 0 Å². The fourth-order valence-electron chi connectivity index (χ4n) is 1.74. The topological polar surface area (TPSA) is 38.3 Å². The summed E-state index contributed by atoms with van der Waals surface area (Å²) in [5, 5.41) is 2.96. The normalized spacial score (nSPS) is 21.9. The first kappa shape index (κ1) is 10.2. The fourth-order valence-corrected chi connectivity index (χ4v) is 1.74. The summed E-state index contributed by atoms with van der Waals surface area (Å²) < 4.78 is 5.37. The van der Waals surface area contributed by atoms with Crippen molar-refractivity contribution in [3.8, 4) is 0 Å². The summed E-state index contributed by atoms with van der Waals surface area (Å²) in [6, 6.07) is 10.3. The molecule has 2 rings (SSSR count). The third-order valence-corrected chi connectivity index (χ3v) is 2.48. The minimum Gasteiger partial charge on any atom is -0.379 e. The monoisotopic (exact) mass is 205 g/mol. The summed E-state index contributed by atoms with van der Waals surface area (Å²) >= 11 is 0. The highest BCUT2D eigenvalue weighted by atomic mass is 16.5. The highest BCUT2D eigenvalue weighted by Crippen LogP contribution is 2.05. The molecule has 1 aromatic carbocycles. The quantitative estimate of drug-likeness (QED) is 0.786. The van der Waals surface area contributed by atoms with Crippen LogP contribution < -0.4 is 5.32 Å². The van der Waals surface area contributed by atoms with Crippen molar-refractivity contribution in [1.82, 2.24) is 5.32 Å². The number of ether oxygens (including phenoxy) is 1. The molecule has 1 aliphatic rings. The Morgan fingerprint density at radius 3 is 2.93 bits per heavy atom. The van der Waals surface area contributed by atoms with E-state index in [1.807, 2.05) is 18.2 Å². The van der Waals surface area contributed by atoms with Crippen molar-refractivity contribution < 1.29 is 9.53 Å². The lowest BCUT2D eigenvalue weighted by Gasteiger charge is -2.14. The van der Waals surface area contributed by atoms with Crippen LogP contribution >= 0.6 is 0 Å². The van der Waals surface area contributed by atoms with Gasteiger partial charge >= 0.3 is 0 Å². The van der Waals surface area contributed by atoms with Gasteiger partial charge in [0, 0.05) is 6.42 Å². The molecule has 1 heterocycles. The van der Waals surface area contributed by atoms with Crippen LogP contribution in [-0.4, -0.2) is 25.2 Å². The molecule has 1 amide bonds. The molecule has 1 atom stereocenters. The highest BCUT2D eigenvalue weighted by molar-refractivity contribution is 5.76. The highest BCUT2D eigenvalue weighted by Gasteiger charge is 2.16. The minimum absolute atomic E-state index is 0.0911. The van der Waals surface area contributed by atoms with Gasteiger partial charge in [-0.3, -0.25) is 4.79 Å². The fraction of sp³-hybridized carbons (Fsp3) is 0.417. The predicted molar refractivity (Wildman–Crippen MR) is 57.5 cm³/mol. The number of benzene rings is 1. The molecule has 3 heteroatoms. The summed E-state index contributed by atoms with van der Waals surface area (Å²) in [4.78, 5) is 11.3. The molecule has 0 aromatic heterocycles. The summed E-state index contributed by atoms with van der Waals surface area (Å²) in [5.41, 5.74) is 1.23. The molecular formula is C12H15NO2. The smallest absolute Gasteiger partial charge is 0.222 e. The van der Waals surface area contributed by atoms with Gasteiger partial charge in [-0.25, -0.2) is 0 Å². The molecule has 1 aliphatic heterocycles. The van der Waals surface area contributed by atoms with Crippen molar-refractivity contribution >= 4 is 5.91 Å². The number of amides is 1. The lowest BCUT2D eigenvalue weighted by molar-refractivity contribution is -0.121. The van der Waals surface area contributed by atoms with Gasteiger partial charge in [0.1, 0.15) is 0 Å². The molecule has 80 valence electrons. The number of hydrogen-bond donors (Lipinski definition) is 1. The molecule has 0 saturated carbocycles. The van der Waals surface area contributed by atoms with Crippen LogP contribution in [0.2, 0.25) is 0 Å². The lowest BCUT2D eigenvalue weighted by atomic mass is 10.1. The van der Waals surface area contributed by atoms with Gasteiger partial charge < -0.3 is 10.1 Å². The standard InChI is InChI=1S/C12H15NO2/c14-12-6-7-15-9-11(13-12)8-10-4-2-1-3-5-10/h1-5,11H,6-9H2,(H,13,14)/t11-/m0/s1. The number of rotatable bonds is 2. The van der Waals surface area contributed by atoms with E-state index in [0.717, 1.165) is 6.42 Å². The van der Waals surface area contributed by atoms with Crippen LogP contribution in [0.3, 0.4) is 0 Å². The van der Waals surface area contributed by atoms with Gasteiger partial charge in [-0.1, -0.05) is 30.3 Å². The Hall–Kier alpha value is -1.35. The summed E-state index contributed by atoms with van der Waals surface area (Å²) in [5.74, 6) is 0.0911. The Kier molecular flexibility index (Phi) is 3.35. The van der Waals surface area contributed by atoms with Crippen molar-refractivity contribution in [2.24, 2.45) is 0 Å². The second-order valence-corrected chi connectivity index (χ2v) is 3.78. The Morgan fingerprint density at radius 2 is 2.13 bits per heavy atom. The Morgan fingerprint density at radius 1 is 1.33 bits per heavy atom. The zero-order valence-corrected chi connectivity index (χ0v) is 8.61. The second-order valence-electron chi connectivity index (χ2n) is 3.78. The molecule has 0 aliphatic carbocycles. The van der Waals surface area contributed by atoms with E-state index in [0.29, 0.717) is 19.6 Å². The molecule has 0 radical (unpaired) electrons. The number of carbonyl (C=O) groups is 1. The van der Waals surface area contributed by atoms with Gasteiger partial charge in [0.25, 0.3) is 0 Å². The third-order valence-electron chi connectivity index (χ3n) is 2.48. The molecule has 15 heavy (non-hydrogen) atoms. The zero-order valence-electron chi connectivity index (χ0n) is 8.61. The number of hydrogen-bond acceptors (Lipinski definition) is 2. The Bertz CT molecular complexity index is 324. The van der Waals surface area contributed by atoms with E-state index in [-0.39, 0.29) is 11.9 Å². The molecule has 1 fully saturated rings. The van der Waals surface area contributed by atoms with Gasteiger partial charge in [0.05, 0.1) is 19.3 Å². The van der Waals surface area contributed by atoms with E-state index >= 15 is 0 Å². The molecule has 0 bridgehead atoms. The SMILES string of the molecule is O=C1CCOC[C@H](Cc2ccccc2)N1. The predicted octanol–water partition coefficient (Wildman–Crippen LogP) is 1.13. The molecule has 1 aromatic rings. The molecular weight excluding hydrogens is 190 g/mol. The zero-order chi connectivity index (χ0) is 10.5. The van der Waals surface area contributed by atoms with Crippen LogP contribution in [0.15, 0.2) is 30.3 Å². The maximum Gasteiger partial charge on any atom is 0.222 e. The number of nitrogens with one attached hydrogen (secondary N) is 1. The first-order valence-corrected chi connectivity index (χ1v) is 5.25. The van der Waals surface area contributed by atoms with E-state index in [2.05, 4.69) is 17.4 Å². The van der Waals surface area contributed by atoms with Crippen LogP contribution in [0, 0.1) is 0 Å². The van der Waals surface area contributed by atoms with Crippen LogP contribution in [-0.2, 0) is 16.0 Å². The molecule has 0 spiro atoms. The van der Waals surface area contributed by atoms with Crippen LogP contribution in [0.1, 0.15) is 12.0 Å². The van der Waals surface area contributed by atoms with Crippen LogP contribution in [0.4, 0.5) is 0 Å². The minimum atomic E-state index is 0.0911. The van der Waals surface area contributed by atoms with E-state index < -0.39 is 0 Å². The van der Waals surface area contributed by atoms with E-state index in [1.54, 1.807) is 0 Å². The van der Waals surface area contributed by atoms with E-state index in [9.17, 15) is 4.79 Å². The van der Waals surface area contributed by atoms with Crippen molar-refractivity contribution in [2.75, 3.05) is 13.2 Å². The van der Waals surface area contributed by atoms with Crippen molar-refractivity contribution in [1.29, 1.82) is 0 Å². The maximum atomic E-state index is 11.3. The lowest BCUT2D eigenvalue weighted by Crippen LogP contribution is -2.37. The van der Waals surface area contributed by atoms with Crippen molar-refractivity contribution in [2.45, 2.75) is 18.9 Å². The molecule has 1 N–H and O–H groups in total. The van der Waals surface area contributed by atoms with Gasteiger partial charge in [-0.05, 0) is 12.0 Å². The summed E-state index contributed by atoms with van der Waals surface area (Å²) in [6.45, 7) is 1.15. The first-order valence-electron chi connectivity index (χ1n) is 5.25. The second kappa shape index (κ2) is 4.94. The Balaban J connectivity index is 1.96. The van der Waals surface area contributed by atoms with Crippen molar-refractivity contribution in [3.05, 3.63) is 35.9 Å². The van der Waals surface area contributed by atoms with E-state index in [4.69, 9.17) is 4.74 Å². The average molecular weight is 205 g/mol. The molecule has 1 saturated heterocycles. The molecule has 0 unspecified atom stereocenters. The van der Waals surface area contributed by atoms with Gasteiger partial charge in [0.2, 0.25) is 5.91 Å². The Labute approximate surface area is 89.4 Å². The largest absolute Gasteiger partial charge is 0.379 e. The van der Waals surface area contributed by atoms with E-state index in [1.165, 1.54) is 5.56 Å². The number of carbonyl (C=O) groups excluding carboxylic acids is 1. The van der Waals surface area contributed by atoms with Crippen LogP contribution in [0.25, 0.3) is 0 Å². The third kappa shape index (κ3) is 3.06. The average Bonchev–Trinajstić information content (AvgIpc) is 2.44. The van der Waals surface area contributed by atoms with Gasteiger partial charge in [-0.2, -0.15) is 0 Å². The van der Waals surface area contributed by atoms with Gasteiger partial charge in [0.15, 0.2) is 0 Å². The summed E-state index contributed by atoms with van der Waals surface area (Å²) in [7, 11) is 0.